The van der Waals surface area contributed by atoms with Crippen molar-refractivity contribution < 1.29 is 4.79 Å². The van der Waals surface area contributed by atoms with Crippen molar-refractivity contribution in [3.8, 4) is 0 Å². The molecule has 0 aliphatic carbocycles. The van der Waals surface area contributed by atoms with E-state index < -0.39 is 5.91 Å². The van der Waals surface area contributed by atoms with Crippen LogP contribution in [0.5, 0.6) is 0 Å². The maximum absolute atomic E-state index is 11.2. The Morgan fingerprint density at radius 2 is 2.33 bits per heavy atom. The number of primary amides is 1. The molecule has 1 aromatic heterocycles. The van der Waals surface area contributed by atoms with Gasteiger partial charge < -0.3 is 5.73 Å². The van der Waals surface area contributed by atoms with Gasteiger partial charge in [-0.25, -0.2) is 0 Å². The van der Waals surface area contributed by atoms with Crippen molar-refractivity contribution in [2.75, 3.05) is 0 Å². The average Bonchev–Trinajstić information content (AvgIpc) is 2.46. The molecule has 2 rings (SSSR count). The number of rotatable bonds is 1. The van der Waals surface area contributed by atoms with Gasteiger partial charge in [0.05, 0.1) is 10.0 Å². The van der Waals surface area contributed by atoms with Crippen molar-refractivity contribution >= 4 is 32.7 Å². The van der Waals surface area contributed by atoms with Gasteiger partial charge in [0.1, 0.15) is 5.52 Å². The summed E-state index contributed by atoms with van der Waals surface area (Å²) < 4.78 is 2.46. The highest BCUT2D eigenvalue weighted by Crippen LogP contribution is 2.27. The van der Waals surface area contributed by atoms with Crippen LogP contribution in [0.3, 0.4) is 0 Å². The SMILES string of the molecule is Cc1c2c(C(N)=O)c[c]c(Br)c2nn1C. The highest BCUT2D eigenvalue weighted by Gasteiger charge is 2.15. The molecule has 0 aliphatic heterocycles. The van der Waals surface area contributed by atoms with Crippen molar-refractivity contribution in [2.24, 2.45) is 12.8 Å². The minimum atomic E-state index is -0.458. The summed E-state index contributed by atoms with van der Waals surface area (Å²) in [6.45, 7) is 1.90. The van der Waals surface area contributed by atoms with Crippen molar-refractivity contribution in [2.45, 2.75) is 6.92 Å². The van der Waals surface area contributed by atoms with E-state index in [-0.39, 0.29) is 0 Å². The Morgan fingerprint density at radius 3 is 2.93 bits per heavy atom. The number of amides is 1. The van der Waals surface area contributed by atoms with E-state index in [1.165, 1.54) is 0 Å². The van der Waals surface area contributed by atoms with Gasteiger partial charge in [0.15, 0.2) is 0 Å². The summed E-state index contributed by atoms with van der Waals surface area (Å²) >= 11 is 3.34. The number of hydrogen-bond donors (Lipinski definition) is 1. The lowest BCUT2D eigenvalue weighted by Gasteiger charge is -1.99. The van der Waals surface area contributed by atoms with Crippen molar-refractivity contribution in [3.05, 3.63) is 27.9 Å². The van der Waals surface area contributed by atoms with Gasteiger partial charge in [-0.1, -0.05) is 0 Å². The molecule has 0 aliphatic rings. The first-order valence-electron chi connectivity index (χ1n) is 4.35. The molecule has 1 aromatic carbocycles. The summed E-state index contributed by atoms with van der Waals surface area (Å²) in [5, 5.41) is 5.07. The lowest BCUT2D eigenvalue weighted by Crippen LogP contribution is -2.11. The molecule has 1 heterocycles. The summed E-state index contributed by atoms with van der Waals surface area (Å²) in [5.74, 6) is -0.458. The summed E-state index contributed by atoms with van der Waals surface area (Å²) in [4.78, 5) is 11.2. The van der Waals surface area contributed by atoms with Crippen LogP contribution in [0.2, 0.25) is 0 Å². The number of nitrogens with zero attached hydrogens (tertiary/aromatic N) is 2. The largest absolute Gasteiger partial charge is 0.366 e. The van der Waals surface area contributed by atoms with Crippen LogP contribution >= 0.6 is 15.9 Å². The van der Waals surface area contributed by atoms with E-state index in [2.05, 4.69) is 27.1 Å². The molecule has 2 N–H and O–H groups in total. The molecule has 0 fully saturated rings. The predicted octanol–water partition coefficient (Wildman–Crippen LogP) is 1.54. The predicted molar refractivity (Wildman–Crippen MR) is 60.5 cm³/mol. The highest BCUT2D eigenvalue weighted by molar-refractivity contribution is 9.10. The molecule has 1 amide bonds. The van der Waals surface area contributed by atoms with Crippen molar-refractivity contribution in [3.63, 3.8) is 0 Å². The van der Waals surface area contributed by atoms with Crippen LogP contribution in [0.25, 0.3) is 10.9 Å². The van der Waals surface area contributed by atoms with Crippen LogP contribution in [0.1, 0.15) is 16.1 Å². The summed E-state index contributed by atoms with van der Waals surface area (Å²) in [7, 11) is 1.83. The van der Waals surface area contributed by atoms with E-state index >= 15 is 0 Å². The number of halogens is 1. The van der Waals surface area contributed by atoms with Crippen molar-refractivity contribution in [1.82, 2.24) is 9.78 Å². The lowest BCUT2D eigenvalue weighted by molar-refractivity contribution is 0.100. The third kappa shape index (κ3) is 1.43. The van der Waals surface area contributed by atoms with E-state index in [1.807, 2.05) is 14.0 Å². The average molecular weight is 267 g/mol. The Hall–Kier alpha value is -1.36. The monoisotopic (exact) mass is 266 g/mol. The molecule has 0 unspecified atom stereocenters. The molecule has 15 heavy (non-hydrogen) atoms. The second-order valence-corrected chi connectivity index (χ2v) is 4.11. The van der Waals surface area contributed by atoms with E-state index in [0.29, 0.717) is 11.1 Å². The third-order valence-corrected chi connectivity index (χ3v) is 3.02. The fraction of sp³-hybridized carbons (Fsp3) is 0.200. The summed E-state index contributed by atoms with van der Waals surface area (Å²) in [6.07, 6.45) is 0. The second kappa shape index (κ2) is 3.34. The Morgan fingerprint density at radius 1 is 1.67 bits per heavy atom. The number of hydrogen-bond acceptors (Lipinski definition) is 2. The molecule has 0 spiro atoms. The van der Waals surface area contributed by atoms with Gasteiger partial charge in [-0.3, -0.25) is 9.48 Å². The second-order valence-electron chi connectivity index (χ2n) is 3.31. The van der Waals surface area contributed by atoms with Gasteiger partial charge in [0, 0.05) is 24.2 Å². The Bertz CT molecular complexity index is 559. The van der Waals surface area contributed by atoms with Crippen LogP contribution in [-0.2, 0) is 7.05 Å². The molecule has 2 aromatic rings. The zero-order chi connectivity index (χ0) is 11.2. The topological polar surface area (TPSA) is 60.9 Å². The smallest absolute Gasteiger partial charge is 0.249 e. The number of carbonyl (C=O) groups excluding carboxylic acids is 1. The molecule has 0 saturated heterocycles. The quantitative estimate of drug-likeness (QED) is 0.852. The van der Waals surface area contributed by atoms with Gasteiger partial charge in [0.25, 0.3) is 0 Å². The number of aryl methyl sites for hydroxylation is 2. The highest BCUT2D eigenvalue weighted by atomic mass is 79.9. The molecule has 0 saturated carbocycles. The number of nitrogens with two attached hydrogens (primary N) is 1. The van der Waals surface area contributed by atoms with E-state index in [1.54, 1.807) is 10.7 Å². The van der Waals surface area contributed by atoms with Crippen molar-refractivity contribution in [1.29, 1.82) is 0 Å². The molecular formula is C10H9BrN3O. The molecule has 0 atom stereocenters. The number of aromatic nitrogens is 2. The molecule has 1 radical (unpaired) electrons. The van der Waals surface area contributed by atoms with Crippen LogP contribution in [0, 0.1) is 13.0 Å². The molecular weight excluding hydrogens is 258 g/mol. The zero-order valence-electron chi connectivity index (χ0n) is 8.34. The number of benzene rings is 1. The Kier molecular flexibility index (Phi) is 2.26. The van der Waals surface area contributed by atoms with E-state index in [4.69, 9.17) is 5.73 Å². The van der Waals surface area contributed by atoms with E-state index in [9.17, 15) is 4.79 Å². The first kappa shape index (κ1) is 10.2. The number of fused-ring (bicyclic) bond motifs is 1. The van der Waals surface area contributed by atoms with Crippen LogP contribution in [-0.4, -0.2) is 15.7 Å². The fourth-order valence-electron chi connectivity index (χ4n) is 1.55. The van der Waals surface area contributed by atoms with Crippen LogP contribution in [0.15, 0.2) is 10.5 Å². The van der Waals surface area contributed by atoms with Crippen LogP contribution < -0.4 is 5.73 Å². The fourth-order valence-corrected chi connectivity index (χ4v) is 1.95. The zero-order valence-corrected chi connectivity index (χ0v) is 9.92. The first-order chi connectivity index (χ1) is 7.02. The minimum absolute atomic E-state index is 0.457. The van der Waals surface area contributed by atoms with Gasteiger partial charge in [-0.2, -0.15) is 5.10 Å². The lowest BCUT2D eigenvalue weighted by atomic mass is 10.1. The van der Waals surface area contributed by atoms with Gasteiger partial charge in [-0.05, 0) is 28.9 Å². The Balaban J connectivity index is 2.96. The Labute approximate surface area is 95.2 Å². The summed E-state index contributed by atoms with van der Waals surface area (Å²) in [6, 6.07) is 4.49. The van der Waals surface area contributed by atoms with Gasteiger partial charge >= 0.3 is 0 Å². The minimum Gasteiger partial charge on any atom is -0.366 e. The molecule has 77 valence electrons. The van der Waals surface area contributed by atoms with Crippen LogP contribution in [0.4, 0.5) is 0 Å². The van der Waals surface area contributed by atoms with E-state index in [0.717, 1.165) is 15.6 Å². The normalized spacial score (nSPS) is 10.9. The third-order valence-electron chi connectivity index (χ3n) is 2.42. The maximum atomic E-state index is 11.2. The number of carbonyl (C=O) groups is 1. The molecule has 5 heteroatoms. The summed E-state index contributed by atoms with van der Waals surface area (Å²) in [5.41, 5.74) is 7.38. The first-order valence-corrected chi connectivity index (χ1v) is 5.15. The standard InChI is InChI=1S/C10H9BrN3O/c1-5-8-6(10(12)15)3-4-7(11)9(8)13-14(5)2/h3H,1-2H3,(H2,12,15). The molecule has 0 bridgehead atoms. The van der Waals surface area contributed by atoms with Gasteiger partial charge in [-0.15, -0.1) is 0 Å². The molecule has 4 nitrogen and oxygen atoms in total. The maximum Gasteiger partial charge on any atom is 0.249 e. The van der Waals surface area contributed by atoms with Gasteiger partial charge in [0.2, 0.25) is 5.91 Å².